The summed E-state index contributed by atoms with van der Waals surface area (Å²) in [5, 5.41) is 4.27. The minimum Gasteiger partial charge on any atom is -0.444 e. The van der Waals surface area contributed by atoms with Gasteiger partial charge in [-0.25, -0.2) is 9.48 Å². The van der Waals surface area contributed by atoms with Crippen molar-refractivity contribution in [2.45, 2.75) is 76.2 Å². The van der Waals surface area contributed by atoms with Crippen LogP contribution in [0.5, 0.6) is 5.88 Å². The fourth-order valence-electron chi connectivity index (χ4n) is 4.18. The van der Waals surface area contributed by atoms with E-state index < -0.39 is 21.0 Å². The van der Waals surface area contributed by atoms with Crippen molar-refractivity contribution in [3.8, 4) is 5.88 Å². The molecule has 0 saturated heterocycles. The highest BCUT2D eigenvalue weighted by atomic mass is 32.2. The number of nitrogens with zero attached hydrogens (tertiary/aromatic N) is 3. The molecule has 1 amide bonds. The van der Waals surface area contributed by atoms with Crippen LogP contribution in [0.4, 0.5) is 4.79 Å². The first-order chi connectivity index (χ1) is 12.6. The summed E-state index contributed by atoms with van der Waals surface area (Å²) in [7, 11) is -3.64. The van der Waals surface area contributed by atoms with Gasteiger partial charge in [0.2, 0.25) is 5.88 Å². The van der Waals surface area contributed by atoms with Gasteiger partial charge in [-0.3, -0.25) is 0 Å². The number of amides is 1. The molecule has 27 heavy (non-hydrogen) atoms. The minimum absolute atomic E-state index is 0.0740. The van der Waals surface area contributed by atoms with Crippen molar-refractivity contribution >= 4 is 16.2 Å². The summed E-state index contributed by atoms with van der Waals surface area (Å²) in [4.78, 5) is 14.0. The molecule has 9 heteroatoms. The Morgan fingerprint density at radius 1 is 1.22 bits per heavy atom. The first-order valence-electron chi connectivity index (χ1n) is 9.65. The van der Waals surface area contributed by atoms with Crippen LogP contribution in [0.15, 0.2) is 0 Å². The number of carbonyl (C=O) groups is 1. The van der Waals surface area contributed by atoms with E-state index in [0.29, 0.717) is 44.7 Å². The zero-order chi connectivity index (χ0) is 19.4. The fraction of sp³-hybridized carbons (Fsp3) is 0.778. The van der Waals surface area contributed by atoms with Gasteiger partial charge in [0.15, 0.2) is 0 Å². The number of hydrogen-bond acceptors (Lipinski definition) is 6. The van der Waals surface area contributed by atoms with Crippen molar-refractivity contribution in [1.29, 1.82) is 0 Å². The lowest BCUT2D eigenvalue weighted by Gasteiger charge is -2.26. The van der Waals surface area contributed by atoms with Crippen LogP contribution in [-0.2, 0) is 27.7 Å². The van der Waals surface area contributed by atoms with Crippen LogP contribution < -0.4 is 4.18 Å². The third-order valence-electron chi connectivity index (χ3n) is 5.49. The Morgan fingerprint density at radius 3 is 2.70 bits per heavy atom. The van der Waals surface area contributed by atoms with Crippen LogP contribution in [0.25, 0.3) is 0 Å². The van der Waals surface area contributed by atoms with Gasteiger partial charge >= 0.3 is 16.2 Å². The number of fused-ring (bicyclic) bond motifs is 6. The predicted molar refractivity (Wildman–Crippen MR) is 98.3 cm³/mol. The summed E-state index contributed by atoms with van der Waals surface area (Å²) >= 11 is 0. The highest BCUT2D eigenvalue weighted by Crippen LogP contribution is 2.41. The second kappa shape index (κ2) is 6.39. The Kier molecular flexibility index (Phi) is 4.40. The highest BCUT2D eigenvalue weighted by molar-refractivity contribution is 7.87. The van der Waals surface area contributed by atoms with Crippen LogP contribution >= 0.6 is 0 Å². The molecule has 0 N–H and O–H groups in total. The number of rotatable bonds is 0. The van der Waals surface area contributed by atoms with Gasteiger partial charge in [0, 0.05) is 25.1 Å². The van der Waals surface area contributed by atoms with Crippen LogP contribution in [0.1, 0.15) is 63.8 Å². The van der Waals surface area contributed by atoms with Crippen LogP contribution in [0, 0.1) is 0 Å². The minimum atomic E-state index is -3.64. The summed E-state index contributed by atoms with van der Waals surface area (Å²) in [5.41, 5.74) is 1.10. The van der Waals surface area contributed by atoms with Crippen LogP contribution in [-0.4, -0.2) is 53.1 Å². The Labute approximate surface area is 159 Å². The van der Waals surface area contributed by atoms with Gasteiger partial charge in [0.05, 0.1) is 17.0 Å². The zero-order valence-corrected chi connectivity index (χ0v) is 16.9. The van der Waals surface area contributed by atoms with E-state index in [1.165, 1.54) is 0 Å². The SMILES string of the molecule is CC(C)(C)OC(=O)N1CCc2nn3c(c2CC1)OS(=O)(=O)C1CCCC3C1. The Bertz CT molecular complexity index is 855. The lowest BCUT2D eigenvalue weighted by atomic mass is 9.95. The summed E-state index contributed by atoms with van der Waals surface area (Å²) in [6, 6.07) is 0.0740. The van der Waals surface area contributed by atoms with E-state index in [4.69, 9.17) is 14.0 Å². The van der Waals surface area contributed by atoms with Crippen LogP contribution in [0.3, 0.4) is 0 Å². The van der Waals surface area contributed by atoms with E-state index in [2.05, 4.69) is 0 Å². The van der Waals surface area contributed by atoms with E-state index in [9.17, 15) is 13.2 Å². The summed E-state index contributed by atoms with van der Waals surface area (Å²) in [6.45, 7) is 6.47. The molecular formula is C18H27N3O5S. The second-order valence-electron chi connectivity index (χ2n) is 8.66. The van der Waals surface area contributed by atoms with E-state index in [1.807, 2.05) is 20.8 Å². The highest BCUT2D eigenvalue weighted by Gasteiger charge is 2.41. The van der Waals surface area contributed by atoms with Crippen molar-refractivity contribution in [3.05, 3.63) is 11.3 Å². The molecular weight excluding hydrogens is 370 g/mol. The molecule has 3 heterocycles. The van der Waals surface area contributed by atoms with Crippen molar-refractivity contribution in [2.75, 3.05) is 13.1 Å². The Morgan fingerprint density at radius 2 is 1.96 bits per heavy atom. The lowest BCUT2D eigenvalue weighted by Crippen LogP contribution is -2.38. The molecule has 1 fully saturated rings. The Hall–Kier alpha value is -1.77. The molecule has 1 aromatic rings. The fourth-order valence-corrected chi connectivity index (χ4v) is 5.62. The molecule has 8 nitrogen and oxygen atoms in total. The van der Waals surface area contributed by atoms with Crippen molar-refractivity contribution < 1.29 is 22.1 Å². The maximum absolute atomic E-state index is 12.6. The van der Waals surface area contributed by atoms with Gasteiger partial charge in [0.1, 0.15) is 5.60 Å². The third kappa shape index (κ3) is 3.53. The summed E-state index contributed by atoms with van der Waals surface area (Å²) in [5.74, 6) is 0.366. The molecule has 0 aromatic carbocycles. The van der Waals surface area contributed by atoms with Gasteiger partial charge < -0.3 is 13.8 Å². The number of carbonyl (C=O) groups excluding carboxylic acids is 1. The molecule has 2 aliphatic heterocycles. The van der Waals surface area contributed by atoms with E-state index >= 15 is 0 Å². The topological polar surface area (TPSA) is 90.7 Å². The van der Waals surface area contributed by atoms with Crippen molar-refractivity contribution in [3.63, 3.8) is 0 Å². The molecule has 3 aliphatic rings. The van der Waals surface area contributed by atoms with E-state index in [1.54, 1.807) is 9.58 Å². The van der Waals surface area contributed by atoms with E-state index in [0.717, 1.165) is 24.1 Å². The average molecular weight is 397 g/mol. The first kappa shape index (κ1) is 18.6. The largest absolute Gasteiger partial charge is 0.444 e. The molecule has 2 bridgehead atoms. The number of aromatic nitrogens is 2. The molecule has 150 valence electrons. The third-order valence-corrected chi connectivity index (χ3v) is 7.13. The molecule has 2 unspecified atom stereocenters. The predicted octanol–water partition coefficient (Wildman–Crippen LogP) is 2.42. The molecule has 1 saturated carbocycles. The van der Waals surface area contributed by atoms with Crippen molar-refractivity contribution in [2.24, 2.45) is 0 Å². The number of hydrogen-bond donors (Lipinski definition) is 0. The van der Waals surface area contributed by atoms with Gasteiger partial charge in [0.25, 0.3) is 0 Å². The average Bonchev–Trinajstić information content (AvgIpc) is 2.73. The molecule has 0 radical (unpaired) electrons. The lowest BCUT2D eigenvalue weighted by molar-refractivity contribution is 0.0258. The molecule has 2 atom stereocenters. The monoisotopic (exact) mass is 397 g/mol. The first-order valence-corrected chi connectivity index (χ1v) is 11.1. The molecule has 0 spiro atoms. The normalized spacial score (nSPS) is 26.9. The van der Waals surface area contributed by atoms with Crippen LogP contribution in [0.2, 0.25) is 0 Å². The maximum Gasteiger partial charge on any atom is 0.410 e. The van der Waals surface area contributed by atoms with Gasteiger partial charge in [-0.2, -0.15) is 13.5 Å². The number of ether oxygens (including phenoxy) is 1. The molecule has 1 aliphatic carbocycles. The maximum atomic E-state index is 12.6. The standard InChI is InChI=1S/C18H27N3O5S/c1-18(2,3)25-17(22)20-9-7-14-15(8-10-20)19-21-12-5-4-6-13(11-12)27(23,24)26-16(14)21/h12-13H,4-11H2,1-3H3. The van der Waals surface area contributed by atoms with Gasteiger partial charge in [-0.15, -0.1) is 0 Å². The zero-order valence-electron chi connectivity index (χ0n) is 16.1. The Balaban J connectivity index is 1.60. The van der Waals surface area contributed by atoms with Crippen molar-refractivity contribution in [1.82, 2.24) is 14.7 Å². The quantitative estimate of drug-likeness (QED) is 0.625. The molecule has 1 aromatic heterocycles. The second-order valence-corrected chi connectivity index (χ2v) is 10.5. The van der Waals surface area contributed by atoms with Gasteiger partial charge in [-0.05, 0) is 52.9 Å². The van der Waals surface area contributed by atoms with E-state index in [-0.39, 0.29) is 12.1 Å². The summed E-state index contributed by atoms with van der Waals surface area (Å²) < 4.78 is 38.1. The molecule has 4 rings (SSSR count). The smallest absolute Gasteiger partial charge is 0.410 e. The summed E-state index contributed by atoms with van der Waals surface area (Å²) in [6.07, 6.45) is 3.74. The van der Waals surface area contributed by atoms with Gasteiger partial charge in [-0.1, -0.05) is 0 Å².